The molecule has 9 heteroatoms. The van der Waals surface area contributed by atoms with Crippen LogP contribution in [-0.4, -0.2) is 46.5 Å². The van der Waals surface area contributed by atoms with Gasteiger partial charge in [-0.2, -0.15) is 0 Å². The van der Waals surface area contributed by atoms with Crippen LogP contribution in [0.1, 0.15) is 0 Å². The van der Waals surface area contributed by atoms with E-state index in [4.69, 9.17) is 4.74 Å². The summed E-state index contributed by atoms with van der Waals surface area (Å²) in [7, 11) is 5.01. The number of esters is 2. The molecule has 0 saturated carbocycles. The number of carbonyl (C=O) groups is 3. The van der Waals surface area contributed by atoms with E-state index in [9.17, 15) is 14.4 Å². The molecular formula is C15H18N2O7. The second-order valence-corrected chi connectivity index (χ2v) is 4.23. The molecule has 0 atom stereocenters. The van der Waals surface area contributed by atoms with Crippen LogP contribution in [0.5, 0.6) is 5.75 Å². The van der Waals surface area contributed by atoms with Crippen LogP contribution in [0, 0.1) is 0 Å². The number of amides is 1. The largest absolute Gasteiger partial charge is 0.494 e. The zero-order valence-electron chi connectivity index (χ0n) is 13.7. The zero-order chi connectivity index (χ0) is 18.1. The molecule has 0 aliphatic rings. The van der Waals surface area contributed by atoms with E-state index in [2.05, 4.69) is 24.8 Å². The van der Waals surface area contributed by atoms with Crippen LogP contribution in [0.4, 0.5) is 16.2 Å². The number of anilines is 2. The van der Waals surface area contributed by atoms with E-state index >= 15 is 0 Å². The van der Waals surface area contributed by atoms with Crippen molar-refractivity contribution in [1.82, 2.24) is 0 Å². The SMILES string of the molecule is COC(=O)/C=C(/Nc1ccc(NC(=O)OC)c(OC)c1)C(=O)OC. The lowest BCUT2D eigenvalue weighted by Crippen LogP contribution is -2.16. The maximum Gasteiger partial charge on any atom is 0.411 e. The van der Waals surface area contributed by atoms with E-state index in [0.717, 1.165) is 6.08 Å². The summed E-state index contributed by atoms with van der Waals surface area (Å²) < 4.78 is 18.8. The summed E-state index contributed by atoms with van der Waals surface area (Å²) in [6.45, 7) is 0. The van der Waals surface area contributed by atoms with Gasteiger partial charge in [-0.05, 0) is 12.1 Å². The van der Waals surface area contributed by atoms with E-state index in [1.807, 2.05) is 0 Å². The fourth-order valence-electron chi connectivity index (χ4n) is 1.62. The smallest absolute Gasteiger partial charge is 0.411 e. The zero-order valence-corrected chi connectivity index (χ0v) is 13.7. The van der Waals surface area contributed by atoms with E-state index < -0.39 is 18.0 Å². The third kappa shape index (κ3) is 5.20. The first kappa shape index (κ1) is 18.8. The van der Waals surface area contributed by atoms with Gasteiger partial charge in [0.25, 0.3) is 0 Å². The normalized spacial score (nSPS) is 10.4. The van der Waals surface area contributed by atoms with Crippen molar-refractivity contribution >= 4 is 29.4 Å². The van der Waals surface area contributed by atoms with Gasteiger partial charge in [-0.25, -0.2) is 14.4 Å². The fourth-order valence-corrected chi connectivity index (χ4v) is 1.62. The molecule has 0 aliphatic carbocycles. The Kier molecular flexibility index (Phi) is 7.08. The van der Waals surface area contributed by atoms with Crippen LogP contribution in [0.25, 0.3) is 0 Å². The minimum Gasteiger partial charge on any atom is -0.494 e. The molecule has 24 heavy (non-hydrogen) atoms. The monoisotopic (exact) mass is 338 g/mol. The Balaban J connectivity index is 3.08. The molecule has 0 saturated heterocycles. The minimum absolute atomic E-state index is 0.125. The molecule has 0 spiro atoms. The molecule has 1 rings (SSSR count). The van der Waals surface area contributed by atoms with Gasteiger partial charge in [0.15, 0.2) is 0 Å². The van der Waals surface area contributed by atoms with Crippen LogP contribution < -0.4 is 15.4 Å². The van der Waals surface area contributed by atoms with Crippen LogP contribution >= 0.6 is 0 Å². The minimum atomic E-state index is -0.754. The summed E-state index contributed by atoms with van der Waals surface area (Å²) in [6.07, 6.45) is 0.300. The number of carbonyl (C=O) groups excluding carboxylic acids is 3. The number of methoxy groups -OCH3 is 4. The van der Waals surface area contributed by atoms with Crippen LogP contribution in [0.15, 0.2) is 30.0 Å². The maximum atomic E-state index is 11.7. The molecule has 0 fully saturated rings. The average molecular weight is 338 g/mol. The fraction of sp³-hybridized carbons (Fsp3) is 0.267. The molecule has 130 valence electrons. The van der Waals surface area contributed by atoms with E-state index in [0.29, 0.717) is 17.1 Å². The molecule has 0 bridgehead atoms. The predicted octanol–water partition coefficient (Wildman–Crippen LogP) is 1.52. The molecule has 1 aromatic carbocycles. The van der Waals surface area contributed by atoms with Gasteiger partial charge in [-0.3, -0.25) is 5.32 Å². The summed E-state index contributed by atoms with van der Waals surface area (Å²) in [5, 5.41) is 5.20. The summed E-state index contributed by atoms with van der Waals surface area (Å²) in [5.41, 5.74) is 0.661. The Morgan fingerprint density at radius 2 is 1.67 bits per heavy atom. The second kappa shape index (κ2) is 9.03. The standard InChI is InChI=1S/C15H18N2O7/c1-21-12-7-9(5-6-10(12)17-15(20)24-4)16-11(14(19)23-3)8-13(18)22-2/h5-8,16H,1-4H3,(H,17,20)/b11-8+. The molecule has 0 aliphatic heterocycles. The molecule has 1 aromatic rings. The van der Waals surface area contributed by atoms with Crippen molar-refractivity contribution in [3.8, 4) is 5.75 Å². The summed E-state index contributed by atoms with van der Waals surface area (Å²) in [5.74, 6) is -1.16. The highest BCUT2D eigenvalue weighted by Crippen LogP contribution is 2.28. The van der Waals surface area contributed by atoms with Crippen LogP contribution in [0.3, 0.4) is 0 Å². The number of nitrogens with one attached hydrogen (secondary N) is 2. The van der Waals surface area contributed by atoms with Gasteiger partial charge >= 0.3 is 18.0 Å². The van der Waals surface area contributed by atoms with E-state index in [1.54, 1.807) is 6.07 Å². The first-order chi connectivity index (χ1) is 11.4. The Labute approximate surface area is 138 Å². The second-order valence-electron chi connectivity index (χ2n) is 4.23. The van der Waals surface area contributed by atoms with Gasteiger partial charge in [0.2, 0.25) is 0 Å². The highest BCUT2D eigenvalue weighted by Gasteiger charge is 2.14. The molecule has 9 nitrogen and oxygen atoms in total. The van der Waals surface area contributed by atoms with Gasteiger partial charge in [0, 0.05) is 11.8 Å². The molecule has 0 unspecified atom stereocenters. The number of benzene rings is 1. The number of ether oxygens (including phenoxy) is 4. The van der Waals surface area contributed by atoms with Gasteiger partial charge in [0.05, 0.1) is 40.2 Å². The Bertz CT molecular complexity index is 655. The summed E-state index contributed by atoms with van der Waals surface area (Å²) in [4.78, 5) is 34.3. The molecule has 0 heterocycles. The molecule has 0 radical (unpaired) electrons. The number of hydrogen-bond acceptors (Lipinski definition) is 8. The van der Waals surface area contributed by atoms with Crippen molar-refractivity contribution in [2.24, 2.45) is 0 Å². The van der Waals surface area contributed by atoms with Gasteiger partial charge in [-0.15, -0.1) is 0 Å². The van der Waals surface area contributed by atoms with Crippen molar-refractivity contribution in [2.45, 2.75) is 0 Å². The van der Waals surface area contributed by atoms with Gasteiger partial charge < -0.3 is 24.3 Å². The lowest BCUT2D eigenvalue weighted by molar-refractivity contribution is -0.138. The van der Waals surface area contributed by atoms with Crippen molar-refractivity contribution in [1.29, 1.82) is 0 Å². The molecule has 2 N–H and O–H groups in total. The lowest BCUT2D eigenvalue weighted by atomic mass is 10.2. The van der Waals surface area contributed by atoms with Crippen LogP contribution in [0.2, 0.25) is 0 Å². The van der Waals surface area contributed by atoms with Crippen molar-refractivity contribution in [3.63, 3.8) is 0 Å². The predicted molar refractivity (Wildman–Crippen MR) is 84.8 cm³/mol. The quantitative estimate of drug-likeness (QED) is 0.456. The first-order valence-corrected chi connectivity index (χ1v) is 6.63. The third-order valence-electron chi connectivity index (χ3n) is 2.77. The Morgan fingerprint density at radius 1 is 0.958 bits per heavy atom. The number of rotatable bonds is 6. The van der Waals surface area contributed by atoms with Crippen LogP contribution in [-0.2, 0) is 23.8 Å². The number of hydrogen-bond donors (Lipinski definition) is 2. The molecule has 1 amide bonds. The Hall–Kier alpha value is -3.23. The topological polar surface area (TPSA) is 112 Å². The molecule has 0 aromatic heterocycles. The maximum absolute atomic E-state index is 11.7. The summed E-state index contributed by atoms with van der Waals surface area (Å²) >= 11 is 0. The van der Waals surface area contributed by atoms with Gasteiger partial charge in [0.1, 0.15) is 11.4 Å². The summed E-state index contributed by atoms with van der Waals surface area (Å²) in [6, 6.07) is 4.60. The highest BCUT2D eigenvalue weighted by molar-refractivity contribution is 5.99. The average Bonchev–Trinajstić information content (AvgIpc) is 2.61. The van der Waals surface area contributed by atoms with Crippen molar-refractivity contribution < 1.29 is 33.3 Å². The van der Waals surface area contributed by atoms with Crippen molar-refractivity contribution in [3.05, 3.63) is 30.0 Å². The van der Waals surface area contributed by atoms with Gasteiger partial charge in [-0.1, -0.05) is 0 Å². The van der Waals surface area contributed by atoms with Crippen molar-refractivity contribution in [2.75, 3.05) is 39.1 Å². The molecular weight excluding hydrogens is 320 g/mol. The first-order valence-electron chi connectivity index (χ1n) is 6.63. The Morgan fingerprint density at radius 3 is 2.21 bits per heavy atom. The lowest BCUT2D eigenvalue weighted by Gasteiger charge is -2.13. The third-order valence-corrected chi connectivity index (χ3v) is 2.77. The van der Waals surface area contributed by atoms with E-state index in [1.165, 1.54) is 40.6 Å². The van der Waals surface area contributed by atoms with E-state index in [-0.39, 0.29) is 5.70 Å². The highest BCUT2D eigenvalue weighted by atomic mass is 16.5.